The Morgan fingerprint density at radius 1 is 1.03 bits per heavy atom. The van der Waals surface area contributed by atoms with Crippen molar-refractivity contribution in [2.75, 3.05) is 31.1 Å². The average molecular weight is 421 g/mol. The van der Waals surface area contributed by atoms with Gasteiger partial charge in [0.25, 0.3) is 5.91 Å². The summed E-state index contributed by atoms with van der Waals surface area (Å²) in [7, 11) is 0. The highest BCUT2D eigenvalue weighted by Crippen LogP contribution is 2.29. The van der Waals surface area contributed by atoms with Crippen LogP contribution in [-0.2, 0) is 6.18 Å². The largest absolute Gasteiger partial charge is 0.417 e. The van der Waals surface area contributed by atoms with E-state index in [1.165, 1.54) is 6.07 Å². The zero-order valence-electron chi connectivity index (χ0n) is 15.2. The number of carbonyl (C=O) groups is 1. The molecule has 0 N–H and O–H groups in total. The first-order chi connectivity index (χ1) is 13.8. The van der Waals surface area contributed by atoms with Crippen molar-refractivity contribution in [3.8, 4) is 0 Å². The highest BCUT2D eigenvalue weighted by molar-refractivity contribution is 6.32. The van der Waals surface area contributed by atoms with Gasteiger partial charge in [0.15, 0.2) is 0 Å². The third-order valence-corrected chi connectivity index (χ3v) is 5.08. The Hall–Kier alpha value is -2.87. The maximum Gasteiger partial charge on any atom is 0.417 e. The number of carbonyl (C=O) groups excluding carboxylic acids is 1. The zero-order chi connectivity index (χ0) is 20.6. The number of halogens is 4. The molecule has 3 aromatic rings. The predicted octanol–water partition coefficient (Wildman–Crippen LogP) is 4.26. The van der Waals surface area contributed by atoms with Gasteiger partial charge in [0.05, 0.1) is 16.6 Å². The summed E-state index contributed by atoms with van der Waals surface area (Å²) in [6.45, 7) is 1.77. The van der Waals surface area contributed by atoms with Crippen molar-refractivity contribution in [2.24, 2.45) is 0 Å². The van der Waals surface area contributed by atoms with Crippen LogP contribution in [0.2, 0.25) is 5.02 Å². The number of fused-ring (bicyclic) bond motifs is 1. The number of benzene rings is 1. The van der Waals surface area contributed by atoms with Crippen LogP contribution in [0.15, 0.2) is 48.8 Å². The Kier molecular flexibility index (Phi) is 5.04. The van der Waals surface area contributed by atoms with E-state index in [-0.39, 0.29) is 5.91 Å². The van der Waals surface area contributed by atoms with Gasteiger partial charge in [0.1, 0.15) is 5.82 Å². The van der Waals surface area contributed by atoms with Crippen LogP contribution in [-0.4, -0.2) is 47.0 Å². The van der Waals surface area contributed by atoms with E-state index in [1.807, 2.05) is 11.0 Å². The van der Waals surface area contributed by atoms with Gasteiger partial charge < -0.3 is 9.80 Å². The minimum Gasteiger partial charge on any atom is -0.353 e. The molecule has 1 aliphatic rings. The van der Waals surface area contributed by atoms with Gasteiger partial charge in [-0.3, -0.25) is 9.78 Å². The molecule has 0 bridgehead atoms. The van der Waals surface area contributed by atoms with Crippen molar-refractivity contribution in [2.45, 2.75) is 6.18 Å². The normalized spacial score (nSPS) is 15.0. The van der Waals surface area contributed by atoms with Crippen molar-refractivity contribution in [3.63, 3.8) is 0 Å². The second-order valence-corrected chi connectivity index (χ2v) is 7.15. The second-order valence-electron chi connectivity index (χ2n) is 6.71. The number of alkyl halides is 3. The van der Waals surface area contributed by atoms with E-state index < -0.39 is 11.7 Å². The van der Waals surface area contributed by atoms with Gasteiger partial charge in [-0.15, -0.1) is 0 Å². The van der Waals surface area contributed by atoms with Gasteiger partial charge in [0.2, 0.25) is 0 Å². The quantitative estimate of drug-likeness (QED) is 0.621. The average Bonchev–Trinajstić information content (AvgIpc) is 2.72. The van der Waals surface area contributed by atoms with E-state index in [0.29, 0.717) is 48.1 Å². The van der Waals surface area contributed by atoms with E-state index in [4.69, 9.17) is 11.6 Å². The van der Waals surface area contributed by atoms with Crippen molar-refractivity contribution in [1.82, 2.24) is 14.9 Å². The Labute approximate surface area is 169 Å². The first-order valence-corrected chi connectivity index (χ1v) is 9.32. The molecule has 4 rings (SSSR count). The van der Waals surface area contributed by atoms with Crippen LogP contribution < -0.4 is 4.90 Å². The van der Waals surface area contributed by atoms with Crippen LogP contribution in [0, 0.1) is 0 Å². The summed E-state index contributed by atoms with van der Waals surface area (Å²) in [6.07, 6.45) is -1.96. The number of anilines is 1. The molecule has 1 aromatic carbocycles. The van der Waals surface area contributed by atoms with Gasteiger partial charge in [0, 0.05) is 49.0 Å². The molecule has 0 unspecified atom stereocenters. The van der Waals surface area contributed by atoms with E-state index in [0.717, 1.165) is 17.6 Å². The number of amides is 1. The lowest BCUT2D eigenvalue weighted by Crippen LogP contribution is -2.49. The summed E-state index contributed by atoms with van der Waals surface area (Å²) in [6, 6.07) is 9.37. The number of rotatable bonds is 2. The molecule has 1 aliphatic heterocycles. The Morgan fingerprint density at radius 2 is 1.79 bits per heavy atom. The van der Waals surface area contributed by atoms with Crippen molar-refractivity contribution in [1.29, 1.82) is 0 Å². The molecule has 150 valence electrons. The lowest BCUT2D eigenvalue weighted by Gasteiger charge is -2.35. The fraction of sp³-hybridized carbons (Fsp3) is 0.250. The molecular formula is C20H16ClF3N4O. The molecular weight excluding hydrogens is 405 g/mol. The van der Waals surface area contributed by atoms with E-state index >= 15 is 0 Å². The van der Waals surface area contributed by atoms with Gasteiger partial charge in [-0.1, -0.05) is 17.7 Å². The minimum atomic E-state index is -4.41. The summed E-state index contributed by atoms with van der Waals surface area (Å²) in [4.78, 5) is 24.8. The number of nitrogens with zero attached hydrogens (tertiary/aromatic N) is 4. The van der Waals surface area contributed by atoms with Gasteiger partial charge in [-0.2, -0.15) is 13.2 Å². The number of hydrogen-bond donors (Lipinski definition) is 0. The van der Waals surface area contributed by atoms with Crippen LogP contribution in [0.5, 0.6) is 0 Å². The molecule has 1 amide bonds. The summed E-state index contributed by atoms with van der Waals surface area (Å²) in [5.41, 5.74) is 0.248. The van der Waals surface area contributed by atoms with Gasteiger partial charge in [-0.05, 0) is 30.3 Å². The molecule has 3 heterocycles. The Balaban J connectivity index is 1.48. The molecule has 5 nitrogen and oxygen atoms in total. The third-order valence-electron chi connectivity index (χ3n) is 4.87. The maximum absolute atomic E-state index is 13.0. The molecule has 1 fully saturated rings. The van der Waals surface area contributed by atoms with Crippen LogP contribution in [0.25, 0.3) is 10.9 Å². The highest BCUT2D eigenvalue weighted by atomic mass is 35.5. The molecule has 1 saturated heterocycles. The van der Waals surface area contributed by atoms with Crippen molar-refractivity contribution < 1.29 is 18.0 Å². The van der Waals surface area contributed by atoms with E-state index in [9.17, 15) is 18.0 Å². The van der Waals surface area contributed by atoms with Crippen LogP contribution in [0.3, 0.4) is 0 Å². The topological polar surface area (TPSA) is 49.3 Å². The zero-order valence-corrected chi connectivity index (χ0v) is 15.9. The molecule has 0 aliphatic carbocycles. The third kappa shape index (κ3) is 3.98. The predicted molar refractivity (Wildman–Crippen MR) is 104 cm³/mol. The second kappa shape index (κ2) is 7.51. The molecule has 29 heavy (non-hydrogen) atoms. The van der Waals surface area contributed by atoms with Crippen molar-refractivity contribution >= 4 is 34.2 Å². The number of pyridine rings is 2. The lowest BCUT2D eigenvalue weighted by atomic mass is 10.1. The monoisotopic (exact) mass is 420 g/mol. The standard InChI is InChI=1S/C20H16ClF3N4O/c21-15-10-13-2-1-5-25-18(13)16(11-15)19(29)28-8-6-27(7-9-28)17-4-3-14(12-26-17)20(22,23)24/h1-5,10-12H,6-9H2. The van der Waals surface area contributed by atoms with Gasteiger partial charge in [-0.25, -0.2) is 4.98 Å². The number of aromatic nitrogens is 2. The SMILES string of the molecule is O=C(c1cc(Cl)cc2cccnc12)N1CCN(c2ccc(C(F)(F)F)cn2)CC1. The first-order valence-electron chi connectivity index (χ1n) is 8.95. The fourth-order valence-electron chi connectivity index (χ4n) is 3.37. The molecule has 2 aromatic heterocycles. The summed E-state index contributed by atoms with van der Waals surface area (Å²) in [5.74, 6) is 0.288. The molecule has 0 radical (unpaired) electrons. The smallest absolute Gasteiger partial charge is 0.353 e. The summed E-state index contributed by atoms with van der Waals surface area (Å²) < 4.78 is 38.1. The van der Waals surface area contributed by atoms with E-state index in [1.54, 1.807) is 29.3 Å². The van der Waals surface area contributed by atoms with Crippen LogP contribution >= 0.6 is 11.6 Å². The number of piperazine rings is 1. The first kappa shape index (κ1) is 19.4. The van der Waals surface area contributed by atoms with Crippen LogP contribution in [0.1, 0.15) is 15.9 Å². The summed E-state index contributed by atoms with van der Waals surface area (Å²) in [5, 5.41) is 1.25. The fourth-order valence-corrected chi connectivity index (χ4v) is 3.60. The number of hydrogen-bond acceptors (Lipinski definition) is 4. The van der Waals surface area contributed by atoms with E-state index in [2.05, 4.69) is 9.97 Å². The summed E-state index contributed by atoms with van der Waals surface area (Å²) >= 11 is 6.16. The molecule has 0 spiro atoms. The van der Waals surface area contributed by atoms with Gasteiger partial charge >= 0.3 is 6.18 Å². The molecule has 0 atom stereocenters. The maximum atomic E-state index is 13.0. The highest BCUT2D eigenvalue weighted by Gasteiger charge is 2.31. The molecule has 0 saturated carbocycles. The van der Waals surface area contributed by atoms with Crippen LogP contribution in [0.4, 0.5) is 19.0 Å². The lowest BCUT2D eigenvalue weighted by molar-refractivity contribution is -0.137. The minimum absolute atomic E-state index is 0.170. The Morgan fingerprint density at radius 3 is 2.45 bits per heavy atom. The Bertz CT molecular complexity index is 1050. The van der Waals surface area contributed by atoms with Crippen molar-refractivity contribution in [3.05, 3.63) is 64.9 Å². The molecule has 9 heteroatoms.